The van der Waals surface area contributed by atoms with Crippen LogP contribution in [0.25, 0.3) is 0 Å². The molecule has 5 rings (SSSR count). The number of nitrogens with one attached hydrogen (secondary N) is 2. The van der Waals surface area contributed by atoms with Gasteiger partial charge in [-0.3, -0.25) is 9.59 Å². The molecule has 3 aliphatic carbocycles. The third-order valence-electron chi connectivity index (χ3n) is 9.62. The van der Waals surface area contributed by atoms with Crippen LogP contribution in [-0.2, 0) is 11.3 Å². The van der Waals surface area contributed by atoms with Gasteiger partial charge in [0.25, 0.3) is 0 Å². The second kappa shape index (κ2) is 7.58. The van der Waals surface area contributed by atoms with E-state index in [1.165, 1.54) is 18.4 Å². The van der Waals surface area contributed by atoms with Crippen molar-refractivity contribution in [3.05, 3.63) is 47.5 Å². The minimum absolute atomic E-state index is 0.0589. The first kappa shape index (κ1) is 20.9. The van der Waals surface area contributed by atoms with Crippen LogP contribution in [0.15, 0.2) is 36.4 Å². The molecule has 1 aromatic rings. The Morgan fingerprint density at radius 3 is 2.58 bits per heavy atom. The molecule has 2 N–H and O–H groups in total. The van der Waals surface area contributed by atoms with Crippen LogP contribution in [0.2, 0.25) is 0 Å². The first-order valence-electron chi connectivity index (χ1n) is 12.1. The Kier molecular flexibility index (Phi) is 5.12. The Morgan fingerprint density at radius 1 is 1.06 bits per heavy atom. The van der Waals surface area contributed by atoms with Gasteiger partial charge < -0.3 is 10.6 Å². The minimum atomic E-state index is 0.0589. The molecule has 1 amide bonds. The Morgan fingerprint density at radius 2 is 1.84 bits per heavy atom. The van der Waals surface area contributed by atoms with Crippen LogP contribution in [0.5, 0.6) is 0 Å². The lowest BCUT2D eigenvalue weighted by molar-refractivity contribution is -0.122. The Labute approximate surface area is 186 Å². The van der Waals surface area contributed by atoms with Crippen molar-refractivity contribution in [2.24, 2.45) is 34.5 Å². The number of amides is 1. The van der Waals surface area contributed by atoms with Gasteiger partial charge >= 0.3 is 0 Å². The molecule has 1 heterocycles. The van der Waals surface area contributed by atoms with Crippen LogP contribution in [-0.4, -0.2) is 24.8 Å². The van der Waals surface area contributed by atoms with Crippen LogP contribution < -0.4 is 10.6 Å². The number of rotatable bonds is 4. The number of hydrogen-bond acceptors (Lipinski definition) is 3. The molecule has 3 fully saturated rings. The van der Waals surface area contributed by atoms with E-state index >= 15 is 0 Å². The molecule has 4 aliphatic rings. The van der Waals surface area contributed by atoms with Crippen molar-refractivity contribution in [2.45, 2.75) is 65.0 Å². The lowest BCUT2D eigenvalue weighted by atomic mass is 9.47. The first-order valence-corrected chi connectivity index (χ1v) is 12.1. The number of carbonyl (C=O) groups is 2. The molecule has 4 heteroatoms. The van der Waals surface area contributed by atoms with Gasteiger partial charge in [0.15, 0.2) is 5.78 Å². The maximum atomic E-state index is 13.6. The molecule has 1 aromatic carbocycles. The van der Waals surface area contributed by atoms with Gasteiger partial charge in [0, 0.05) is 29.5 Å². The standard InChI is InChI=1S/C27H36N2O2/c1-26-14-12-21-19(8-11-23-27(21,2)15-13-24(30)29-23)20(26)9-10-22(26)25(31)18-6-4-17(5-7-18)16-28-3/h4-7,13,15,19-23,28H,8-12,14,16H2,1-3H3,(H,29,30)/t19-,20-,21+,22?,23?,26-,27+/m0/s1. The third kappa shape index (κ3) is 3.21. The summed E-state index contributed by atoms with van der Waals surface area (Å²) in [6.07, 6.45) is 10.7. The summed E-state index contributed by atoms with van der Waals surface area (Å²) in [4.78, 5) is 25.5. The van der Waals surface area contributed by atoms with Crippen molar-refractivity contribution >= 4 is 11.7 Å². The van der Waals surface area contributed by atoms with Gasteiger partial charge in [0.1, 0.15) is 0 Å². The Bertz CT molecular complexity index is 906. The van der Waals surface area contributed by atoms with E-state index in [4.69, 9.17) is 0 Å². The molecule has 7 atom stereocenters. The average molecular weight is 421 g/mol. The summed E-state index contributed by atoms with van der Waals surface area (Å²) >= 11 is 0. The van der Waals surface area contributed by atoms with E-state index in [0.717, 1.165) is 37.8 Å². The van der Waals surface area contributed by atoms with E-state index in [0.29, 0.717) is 23.5 Å². The summed E-state index contributed by atoms with van der Waals surface area (Å²) in [7, 11) is 1.94. The summed E-state index contributed by atoms with van der Waals surface area (Å²) in [6, 6.07) is 8.49. The second-order valence-corrected chi connectivity index (χ2v) is 11.0. The molecule has 0 bridgehead atoms. The second-order valence-electron chi connectivity index (χ2n) is 11.0. The highest BCUT2D eigenvalue weighted by Gasteiger charge is 2.60. The Balaban J connectivity index is 1.38. The molecule has 31 heavy (non-hydrogen) atoms. The summed E-state index contributed by atoms with van der Waals surface area (Å²) in [5, 5.41) is 6.41. The smallest absolute Gasteiger partial charge is 0.243 e. The fourth-order valence-corrected chi connectivity index (χ4v) is 7.96. The number of ketones is 1. The number of hydrogen-bond donors (Lipinski definition) is 2. The van der Waals surface area contributed by atoms with Crippen LogP contribution in [0.4, 0.5) is 0 Å². The van der Waals surface area contributed by atoms with Gasteiger partial charge in [-0.1, -0.05) is 44.2 Å². The number of Topliss-reactive ketones (excluding diaryl/α,β-unsaturated/α-hetero) is 1. The fourth-order valence-electron chi connectivity index (χ4n) is 7.96. The highest BCUT2D eigenvalue weighted by Crippen LogP contribution is 2.65. The van der Waals surface area contributed by atoms with Gasteiger partial charge in [0.2, 0.25) is 5.91 Å². The molecular formula is C27H36N2O2. The first-order chi connectivity index (χ1) is 14.9. The molecule has 0 aromatic heterocycles. The van der Waals surface area contributed by atoms with E-state index in [1.807, 2.05) is 19.2 Å². The summed E-state index contributed by atoms with van der Waals surface area (Å²) in [5.74, 6) is 2.44. The lowest BCUT2D eigenvalue weighted by Gasteiger charge is -2.58. The van der Waals surface area contributed by atoms with Crippen LogP contribution in [0.3, 0.4) is 0 Å². The zero-order chi connectivity index (χ0) is 21.8. The number of fused-ring (bicyclic) bond motifs is 5. The molecule has 0 saturated heterocycles. The van der Waals surface area contributed by atoms with Gasteiger partial charge in [-0.2, -0.15) is 0 Å². The van der Waals surface area contributed by atoms with E-state index < -0.39 is 0 Å². The molecule has 4 nitrogen and oxygen atoms in total. The largest absolute Gasteiger partial charge is 0.349 e. The Hall–Kier alpha value is -1.94. The van der Waals surface area contributed by atoms with Crippen LogP contribution >= 0.6 is 0 Å². The normalized spacial score (nSPS) is 41.1. The summed E-state index contributed by atoms with van der Waals surface area (Å²) < 4.78 is 0. The highest BCUT2D eigenvalue weighted by molar-refractivity contribution is 5.98. The molecule has 166 valence electrons. The molecule has 2 unspecified atom stereocenters. The summed E-state index contributed by atoms with van der Waals surface area (Å²) in [5.41, 5.74) is 2.26. The quantitative estimate of drug-likeness (QED) is 0.705. The predicted octanol–water partition coefficient (Wildman–Crippen LogP) is 4.50. The minimum Gasteiger partial charge on any atom is -0.349 e. The van der Waals surface area contributed by atoms with Gasteiger partial charge in [-0.05, 0) is 80.4 Å². The number of benzene rings is 1. The van der Waals surface area contributed by atoms with Crippen LogP contribution in [0, 0.1) is 34.5 Å². The lowest BCUT2D eigenvalue weighted by Crippen LogP contribution is -2.59. The van der Waals surface area contributed by atoms with Crippen molar-refractivity contribution in [1.29, 1.82) is 0 Å². The average Bonchev–Trinajstić information content (AvgIpc) is 3.12. The van der Waals surface area contributed by atoms with Crippen molar-refractivity contribution < 1.29 is 9.59 Å². The topological polar surface area (TPSA) is 58.2 Å². The highest BCUT2D eigenvalue weighted by atomic mass is 16.1. The van der Waals surface area contributed by atoms with Crippen molar-refractivity contribution in [3.8, 4) is 0 Å². The summed E-state index contributed by atoms with van der Waals surface area (Å²) in [6.45, 7) is 5.60. The van der Waals surface area contributed by atoms with E-state index in [2.05, 4.69) is 42.7 Å². The maximum Gasteiger partial charge on any atom is 0.243 e. The maximum absolute atomic E-state index is 13.6. The molecule has 0 spiro atoms. The monoisotopic (exact) mass is 420 g/mol. The predicted molar refractivity (Wildman–Crippen MR) is 122 cm³/mol. The van der Waals surface area contributed by atoms with Gasteiger partial charge in [-0.25, -0.2) is 0 Å². The molecule has 3 saturated carbocycles. The van der Waals surface area contributed by atoms with E-state index in [-0.39, 0.29) is 28.7 Å². The fraction of sp³-hybridized carbons (Fsp3) is 0.630. The van der Waals surface area contributed by atoms with E-state index in [1.54, 1.807) is 6.08 Å². The SMILES string of the molecule is CNCc1ccc(C(=O)C2CC[C@H]3[C@@H]4CCC5NC(=O)C=C[C@]5(C)[C@@H]4CC[C@]23C)cc1. The van der Waals surface area contributed by atoms with E-state index in [9.17, 15) is 9.59 Å². The van der Waals surface area contributed by atoms with Crippen molar-refractivity contribution in [3.63, 3.8) is 0 Å². The molecule has 0 radical (unpaired) electrons. The van der Waals surface area contributed by atoms with Gasteiger partial charge in [0.05, 0.1) is 0 Å². The van der Waals surface area contributed by atoms with Crippen molar-refractivity contribution in [1.82, 2.24) is 10.6 Å². The van der Waals surface area contributed by atoms with Gasteiger partial charge in [-0.15, -0.1) is 0 Å². The number of carbonyl (C=O) groups excluding carboxylic acids is 2. The zero-order valence-electron chi connectivity index (χ0n) is 19.1. The molecular weight excluding hydrogens is 384 g/mol. The third-order valence-corrected chi connectivity index (χ3v) is 9.62. The van der Waals surface area contributed by atoms with Crippen LogP contribution in [0.1, 0.15) is 68.3 Å². The molecule has 1 aliphatic heterocycles. The zero-order valence-corrected chi connectivity index (χ0v) is 19.1. The van der Waals surface area contributed by atoms with Crippen molar-refractivity contribution in [2.75, 3.05) is 7.05 Å².